The third-order valence-corrected chi connectivity index (χ3v) is 7.35. The van der Waals surface area contributed by atoms with Gasteiger partial charge in [0.15, 0.2) is 6.29 Å². The summed E-state index contributed by atoms with van der Waals surface area (Å²) in [6.45, 7) is 3.68. The summed E-state index contributed by atoms with van der Waals surface area (Å²) >= 11 is 0. The van der Waals surface area contributed by atoms with E-state index in [-0.39, 0.29) is 12.2 Å². The summed E-state index contributed by atoms with van der Waals surface area (Å²) in [5, 5.41) is 3.14. The van der Waals surface area contributed by atoms with Gasteiger partial charge in [0, 0.05) is 24.9 Å². The molecule has 4 aromatic rings. The first kappa shape index (κ1) is 29.3. The minimum atomic E-state index is -0.138. The van der Waals surface area contributed by atoms with E-state index < -0.39 is 0 Å². The van der Waals surface area contributed by atoms with Crippen LogP contribution in [0.2, 0.25) is 0 Å². The van der Waals surface area contributed by atoms with Crippen LogP contribution in [-0.4, -0.2) is 42.1 Å². The van der Waals surface area contributed by atoms with Crippen molar-refractivity contribution in [1.82, 2.24) is 14.9 Å². The van der Waals surface area contributed by atoms with Crippen molar-refractivity contribution < 1.29 is 19.0 Å². The molecule has 7 heteroatoms. The first-order valence-electron chi connectivity index (χ1n) is 14.6. The summed E-state index contributed by atoms with van der Waals surface area (Å²) in [6, 6.07) is 24.5. The van der Waals surface area contributed by atoms with Crippen molar-refractivity contribution in [3.05, 3.63) is 108 Å². The van der Waals surface area contributed by atoms with Crippen LogP contribution in [-0.2, 0) is 20.8 Å². The van der Waals surface area contributed by atoms with Gasteiger partial charge in [0.25, 0.3) is 0 Å². The van der Waals surface area contributed by atoms with E-state index in [1.54, 1.807) is 13.4 Å². The maximum atomic E-state index is 13.5. The average molecular weight is 566 g/mol. The highest BCUT2D eigenvalue weighted by molar-refractivity contribution is 5.97. The number of amides is 1. The number of aryl methyl sites for hydroxylation is 1. The zero-order valence-corrected chi connectivity index (χ0v) is 24.4. The molecule has 1 N–H and O–H groups in total. The average Bonchev–Trinajstić information content (AvgIpc) is 3.48. The fourth-order valence-electron chi connectivity index (χ4n) is 5.11. The molecule has 218 valence electrons. The van der Waals surface area contributed by atoms with Crippen molar-refractivity contribution in [2.75, 3.05) is 20.3 Å². The van der Waals surface area contributed by atoms with Gasteiger partial charge in [0.05, 0.1) is 31.4 Å². The van der Waals surface area contributed by atoms with Crippen LogP contribution in [0.4, 0.5) is 0 Å². The number of hydrogen-bond donors (Lipinski definition) is 1. The molecule has 0 saturated carbocycles. The number of ether oxygens (including phenoxy) is 3. The molecule has 1 aliphatic heterocycles. The zero-order chi connectivity index (χ0) is 29.1. The normalized spacial score (nSPS) is 15.4. The number of rotatable bonds is 12. The summed E-state index contributed by atoms with van der Waals surface area (Å²) < 4.78 is 19.3. The second kappa shape index (κ2) is 14.6. The fourth-order valence-corrected chi connectivity index (χ4v) is 5.11. The largest absolute Gasteiger partial charge is 0.495 e. The Labute approximate surface area is 248 Å². The van der Waals surface area contributed by atoms with E-state index in [0.29, 0.717) is 37.3 Å². The Kier molecular flexibility index (Phi) is 10.2. The first-order valence-corrected chi connectivity index (χ1v) is 14.6. The maximum Gasteiger partial charge on any atom is 0.247 e. The number of nitrogens with one attached hydrogen (secondary N) is 1. The number of carbonyl (C=O) groups excluding carboxylic acids is 1. The van der Waals surface area contributed by atoms with Gasteiger partial charge in [-0.25, -0.2) is 4.98 Å². The van der Waals surface area contributed by atoms with E-state index in [4.69, 9.17) is 14.2 Å². The number of imidazole rings is 1. The third kappa shape index (κ3) is 7.96. The molecule has 2 heterocycles. The molecule has 1 aromatic heterocycles. The molecule has 1 amide bonds. The van der Waals surface area contributed by atoms with E-state index in [2.05, 4.69) is 34.6 Å². The van der Waals surface area contributed by atoms with Gasteiger partial charge in [-0.1, -0.05) is 54.6 Å². The first-order chi connectivity index (χ1) is 20.6. The molecule has 7 nitrogen and oxygen atoms in total. The van der Waals surface area contributed by atoms with Gasteiger partial charge in [0.1, 0.15) is 5.75 Å². The maximum absolute atomic E-state index is 13.5. The molecule has 42 heavy (non-hydrogen) atoms. The minimum absolute atomic E-state index is 0.0951. The van der Waals surface area contributed by atoms with Gasteiger partial charge in [-0.2, -0.15) is 0 Å². The van der Waals surface area contributed by atoms with E-state index in [1.165, 1.54) is 0 Å². The molecule has 0 radical (unpaired) electrons. The van der Waals surface area contributed by atoms with Gasteiger partial charge in [-0.15, -0.1) is 0 Å². The van der Waals surface area contributed by atoms with Crippen molar-refractivity contribution in [2.24, 2.45) is 0 Å². The lowest BCUT2D eigenvalue weighted by atomic mass is 10.0. The number of benzene rings is 3. The van der Waals surface area contributed by atoms with Gasteiger partial charge in [-0.05, 0) is 85.6 Å². The Morgan fingerprint density at radius 2 is 1.93 bits per heavy atom. The smallest absolute Gasteiger partial charge is 0.247 e. The predicted molar refractivity (Wildman–Crippen MR) is 165 cm³/mol. The van der Waals surface area contributed by atoms with Crippen LogP contribution in [0.3, 0.4) is 0 Å². The third-order valence-electron chi connectivity index (χ3n) is 7.35. The molecule has 1 fully saturated rings. The van der Waals surface area contributed by atoms with Crippen molar-refractivity contribution in [3.8, 4) is 22.6 Å². The minimum Gasteiger partial charge on any atom is -0.495 e. The molecule has 1 unspecified atom stereocenters. The predicted octanol–water partition coefficient (Wildman–Crippen LogP) is 6.88. The van der Waals surface area contributed by atoms with E-state index in [0.717, 1.165) is 59.5 Å². The molecule has 1 aliphatic rings. The Bertz CT molecular complexity index is 1490. The Balaban J connectivity index is 1.30. The quantitative estimate of drug-likeness (QED) is 0.150. The summed E-state index contributed by atoms with van der Waals surface area (Å²) in [5.74, 6) is 0.610. The molecule has 0 aliphatic carbocycles. The highest BCUT2D eigenvalue weighted by Crippen LogP contribution is 2.27. The standard InChI is InChI=1S/C35H39N3O4/c1-26-24-38(25-37-26)32-17-16-27(22-33(32)40-2)20-31(14-9-19-42-34-15-6-7-18-41-34)35(39)36-23-28-10-8-13-30(21-28)29-11-4-3-5-12-29/h3-5,8,10-13,16-17,20-22,24-25,34H,6-7,9,14-15,18-19,23H2,1-2H3,(H,36,39). The molecular formula is C35H39N3O4. The molecule has 1 saturated heterocycles. The number of carbonyl (C=O) groups is 1. The van der Waals surface area contributed by atoms with Crippen molar-refractivity contribution in [1.29, 1.82) is 0 Å². The Morgan fingerprint density at radius 3 is 2.69 bits per heavy atom. The van der Waals surface area contributed by atoms with Crippen LogP contribution >= 0.6 is 0 Å². The van der Waals surface area contributed by atoms with Crippen LogP contribution < -0.4 is 10.1 Å². The molecular weight excluding hydrogens is 526 g/mol. The fraction of sp³-hybridized carbons (Fsp3) is 0.314. The molecule has 3 aromatic carbocycles. The Morgan fingerprint density at radius 1 is 1.07 bits per heavy atom. The van der Waals surface area contributed by atoms with Crippen LogP contribution in [0.1, 0.15) is 48.9 Å². The summed E-state index contributed by atoms with van der Waals surface area (Å²) in [7, 11) is 1.65. The highest BCUT2D eigenvalue weighted by Gasteiger charge is 2.15. The van der Waals surface area contributed by atoms with E-state index >= 15 is 0 Å². The van der Waals surface area contributed by atoms with Crippen molar-refractivity contribution >= 4 is 12.0 Å². The van der Waals surface area contributed by atoms with Crippen LogP contribution in [0, 0.1) is 6.92 Å². The van der Waals surface area contributed by atoms with Crippen molar-refractivity contribution in [2.45, 2.75) is 51.9 Å². The van der Waals surface area contributed by atoms with Gasteiger partial charge in [-0.3, -0.25) is 4.79 Å². The van der Waals surface area contributed by atoms with E-state index in [1.807, 2.05) is 72.3 Å². The van der Waals surface area contributed by atoms with Gasteiger partial charge in [0.2, 0.25) is 5.91 Å². The monoisotopic (exact) mass is 565 g/mol. The second-order valence-electron chi connectivity index (χ2n) is 10.5. The molecule has 5 rings (SSSR count). The van der Waals surface area contributed by atoms with Gasteiger partial charge >= 0.3 is 0 Å². The molecule has 1 atom stereocenters. The van der Waals surface area contributed by atoms with Crippen LogP contribution in [0.15, 0.2) is 90.9 Å². The lowest BCUT2D eigenvalue weighted by Crippen LogP contribution is -2.25. The zero-order valence-electron chi connectivity index (χ0n) is 24.4. The molecule has 0 bridgehead atoms. The topological polar surface area (TPSA) is 74.6 Å². The van der Waals surface area contributed by atoms with Crippen LogP contribution in [0.5, 0.6) is 5.75 Å². The number of methoxy groups -OCH3 is 1. The summed E-state index contributed by atoms with van der Waals surface area (Å²) in [4.78, 5) is 17.9. The number of hydrogen-bond acceptors (Lipinski definition) is 5. The van der Waals surface area contributed by atoms with Gasteiger partial charge < -0.3 is 24.1 Å². The number of aromatic nitrogens is 2. The SMILES string of the molecule is COc1cc(C=C(CCCOC2CCCCO2)C(=O)NCc2cccc(-c3ccccc3)c2)ccc1-n1cnc(C)c1. The summed E-state index contributed by atoms with van der Waals surface area (Å²) in [5.41, 5.74) is 6.71. The van der Waals surface area contributed by atoms with Crippen LogP contribution in [0.25, 0.3) is 22.9 Å². The number of nitrogens with zero attached hydrogens (tertiary/aromatic N) is 2. The lowest BCUT2D eigenvalue weighted by Gasteiger charge is -2.22. The van der Waals surface area contributed by atoms with Crippen molar-refractivity contribution in [3.63, 3.8) is 0 Å². The Hall–Kier alpha value is -4.20. The lowest BCUT2D eigenvalue weighted by molar-refractivity contribution is -0.162. The van der Waals surface area contributed by atoms with E-state index in [9.17, 15) is 4.79 Å². The second-order valence-corrected chi connectivity index (χ2v) is 10.5. The highest BCUT2D eigenvalue weighted by atomic mass is 16.7. The molecule has 0 spiro atoms. The summed E-state index contributed by atoms with van der Waals surface area (Å²) in [6.07, 6.45) is 9.95.